The van der Waals surface area contributed by atoms with Gasteiger partial charge < -0.3 is 15.1 Å². The van der Waals surface area contributed by atoms with Crippen LogP contribution >= 0.6 is 11.3 Å². The minimum absolute atomic E-state index is 0.0766. The second-order valence-electron chi connectivity index (χ2n) is 8.77. The predicted molar refractivity (Wildman–Crippen MR) is 137 cm³/mol. The van der Waals surface area contributed by atoms with E-state index in [-0.39, 0.29) is 5.91 Å². The lowest BCUT2D eigenvalue weighted by atomic mass is 10.0. The fraction of sp³-hybridized carbons (Fsp3) is 0.346. The fourth-order valence-corrected chi connectivity index (χ4v) is 5.68. The number of nitrogens with one attached hydrogen (secondary N) is 1. The largest absolute Gasteiger partial charge is 0.340 e. The standard InChI is InChI=1S/C26H28N6OS/c1-3-19-6-4-7-20(16-19)29-25-24-21-9-11-32(17-22(21)34-26(24)28-18-27-25)23(33)8-5-10-31-14-12-30(2)13-15-31/h1,4-8,16,18H,9-15,17H2,2H3,(H,27,28,29)/b8-5+. The molecular weight excluding hydrogens is 444 g/mol. The van der Waals surface area contributed by atoms with Crippen molar-refractivity contribution in [2.45, 2.75) is 13.0 Å². The summed E-state index contributed by atoms with van der Waals surface area (Å²) in [5.74, 6) is 3.52. The molecule has 0 aliphatic carbocycles. The van der Waals surface area contributed by atoms with Gasteiger partial charge in [0.05, 0.1) is 11.9 Å². The number of likely N-dealkylation sites (N-methyl/N-ethyl adjacent to an activating group) is 1. The fourth-order valence-electron chi connectivity index (χ4n) is 4.47. The number of rotatable bonds is 5. The number of aromatic nitrogens is 2. The molecule has 0 unspecified atom stereocenters. The number of benzene rings is 1. The van der Waals surface area contributed by atoms with Crippen LogP contribution in [0.3, 0.4) is 0 Å². The molecule has 1 N–H and O–H groups in total. The average molecular weight is 473 g/mol. The number of terminal acetylenes is 1. The van der Waals surface area contributed by atoms with Gasteiger partial charge in [0.15, 0.2) is 0 Å². The Kier molecular flexibility index (Phi) is 6.59. The Balaban J connectivity index is 1.29. The molecule has 7 nitrogen and oxygen atoms in total. The Labute approximate surface area is 204 Å². The van der Waals surface area contributed by atoms with E-state index in [1.165, 1.54) is 10.4 Å². The zero-order valence-corrected chi connectivity index (χ0v) is 20.1. The summed E-state index contributed by atoms with van der Waals surface area (Å²) in [5, 5.41) is 4.46. The number of piperazine rings is 1. The van der Waals surface area contributed by atoms with Crippen LogP contribution in [0, 0.1) is 12.3 Å². The van der Waals surface area contributed by atoms with Crippen LogP contribution in [-0.4, -0.2) is 76.9 Å². The molecule has 5 rings (SSSR count). The predicted octanol–water partition coefficient (Wildman–Crippen LogP) is 3.10. The van der Waals surface area contributed by atoms with Gasteiger partial charge in [-0.3, -0.25) is 9.69 Å². The van der Waals surface area contributed by atoms with Crippen LogP contribution in [0.5, 0.6) is 0 Å². The highest BCUT2D eigenvalue weighted by molar-refractivity contribution is 7.19. The first-order valence-electron chi connectivity index (χ1n) is 11.6. The third kappa shape index (κ3) is 4.82. The van der Waals surface area contributed by atoms with Gasteiger partial charge in [-0.15, -0.1) is 17.8 Å². The molecule has 0 bridgehead atoms. The molecule has 2 aliphatic rings. The van der Waals surface area contributed by atoms with Gasteiger partial charge in [0.25, 0.3) is 0 Å². The lowest BCUT2D eigenvalue weighted by Crippen LogP contribution is -2.44. The van der Waals surface area contributed by atoms with E-state index in [0.29, 0.717) is 13.1 Å². The SMILES string of the molecule is C#Cc1cccc(Nc2ncnc3sc4c(c23)CCN(C(=O)/C=C/CN2CCN(C)CC2)C4)c1. The Morgan fingerprint density at radius 3 is 2.91 bits per heavy atom. The van der Waals surface area contributed by atoms with E-state index in [2.05, 4.69) is 38.1 Å². The van der Waals surface area contributed by atoms with Crippen molar-refractivity contribution in [3.63, 3.8) is 0 Å². The van der Waals surface area contributed by atoms with Crippen molar-refractivity contribution in [1.29, 1.82) is 0 Å². The number of hydrogen-bond acceptors (Lipinski definition) is 7. The lowest BCUT2D eigenvalue weighted by Gasteiger charge is -2.31. The van der Waals surface area contributed by atoms with Gasteiger partial charge in [0, 0.05) is 61.5 Å². The molecule has 2 aromatic heterocycles. The van der Waals surface area contributed by atoms with Crippen molar-refractivity contribution in [2.24, 2.45) is 0 Å². The number of carbonyl (C=O) groups is 1. The Morgan fingerprint density at radius 1 is 1.24 bits per heavy atom. The second-order valence-corrected chi connectivity index (χ2v) is 9.86. The van der Waals surface area contributed by atoms with E-state index in [1.807, 2.05) is 35.2 Å². The van der Waals surface area contributed by atoms with E-state index in [0.717, 1.165) is 66.4 Å². The average Bonchev–Trinajstić information content (AvgIpc) is 3.24. The molecule has 3 aromatic rings. The molecule has 0 radical (unpaired) electrons. The van der Waals surface area contributed by atoms with E-state index in [4.69, 9.17) is 6.42 Å². The minimum atomic E-state index is 0.0766. The van der Waals surface area contributed by atoms with Gasteiger partial charge in [0.2, 0.25) is 5.91 Å². The lowest BCUT2D eigenvalue weighted by molar-refractivity contribution is -0.126. The Hall–Kier alpha value is -3.25. The van der Waals surface area contributed by atoms with Crippen LogP contribution < -0.4 is 5.32 Å². The molecule has 34 heavy (non-hydrogen) atoms. The van der Waals surface area contributed by atoms with Crippen LogP contribution in [0.4, 0.5) is 11.5 Å². The number of nitrogens with zero attached hydrogens (tertiary/aromatic N) is 5. The number of amides is 1. The normalized spacial score (nSPS) is 17.1. The van der Waals surface area contributed by atoms with Crippen LogP contribution in [0.1, 0.15) is 16.0 Å². The van der Waals surface area contributed by atoms with Crippen LogP contribution in [0.25, 0.3) is 10.2 Å². The first kappa shape index (κ1) is 22.5. The monoisotopic (exact) mass is 472 g/mol. The molecule has 1 fully saturated rings. The van der Waals surface area contributed by atoms with Gasteiger partial charge >= 0.3 is 0 Å². The third-order valence-corrected chi connectivity index (χ3v) is 7.59. The number of anilines is 2. The molecule has 0 atom stereocenters. The van der Waals surface area contributed by atoms with Gasteiger partial charge in [-0.1, -0.05) is 18.1 Å². The van der Waals surface area contributed by atoms with E-state index >= 15 is 0 Å². The molecular formula is C26H28N6OS. The van der Waals surface area contributed by atoms with Gasteiger partial charge in [-0.25, -0.2) is 9.97 Å². The molecule has 4 heterocycles. The summed E-state index contributed by atoms with van der Waals surface area (Å²) < 4.78 is 0. The molecule has 1 saturated heterocycles. The maximum atomic E-state index is 12.8. The first-order chi connectivity index (χ1) is 16.6. The molecule has 1 amide bonds. The summed E-state index contributed by atoms with van der Waals surface area (Å²) in [4.78, 5) is 30.6. The number of hydrogen-bond donors (Lipinski definition) is 1. The summed E-state index contributed by atoms with van der Waals surface area (Å²) in [6, 6.07) is 7.74. The highest BCUT2D eigenvalue weighted by Crippen LogP contribution is 2.38. The maximum absolute atomic E-state index is 12.8. The molecule has 0 saturated carbocycles. The molecule has 8 heteroatoms. The van der Waals surface area contributed by atoms with Crippen molar-refractivity contribution < 1.29 is 4.79 Å². The van der Waals surface area contributed by atoms with Crippen LogP contribution in [0.2, 0.25) is 0 Å². The van der Waals surface area contributed by atoms with Crippen molar-refractivity contribution in [1.82, 2.24) is 24.7 Å². The minimum Gasteiger partial charge on any atom is -0.340 e. The number of thiophene rings is 1. The summed E-state index contributed by atoms with van der Waals surface area (Å²) >= 11 is 1.65. The smallest absolute Gasteiger partial charge is 0.246 e. The van der Waals surface area contributed by atoms with Crippen molar-refractivity contribution in [3.05, 3.63) is 58.7 Å². The van der Waals surface area contributed by atoms with Crippen molar-refractivity contribution >= 4 is 39.0 Å². The molecule has 2 aliphatic heterocycles. The Bertz CT molecular complexity index is 1270. The summed E-state index contributed by atoms with van der Waals surface area (Å²) in [6.45, 7) is 6.39. The molecule has 0 spiro atoms. The van der Waals surface area contributed by atoms with E-state index < -0.39 is 0 Å². The summed E-state index contributed by atoms with van der Waals surface area (Å²) in [5.41, 5.74) is 2.95. The highest BCUT2D eigenvalue weighted by atomic mass is 32.1. The van der Waals surface area contributed by atoms with Gasteiger partial charge in [-0.05, 0) is 37.2 Å². The topological polar surface area (TPSA) is 64.6 Å². The van der Waals surface area contributed by atoms with Gasteiger partial charge in [0.1, 0.15) is 17.0 Å². The highest BCUT2D eigenvalue weighted by Gasteiger charge is 2.25. The first-order valence-corrected chi connectivity index (χ1v) is 12.4. The van der Waals surface area contributed by atoms with Gasteiger partial charge in [-0.2, -0.15) is 0 Å². The zero-order chi connectivity index (χ0) is 23.5. The van der Waals surface area contributed by atoms with Crippen LogP contribution in [-0.2, 0) is 17.8 Å². The Morgan fingerprint density at radius 2 is 2.09 bits per heavy atom. The molecule has 174 valence electrons. The molecule has 1 aromatic carbocycles. The van der Waals surface area contributed by atoms with Crippen molar-refractivity contribution in [2.75, 3.05) is 51.6 Å². The summed E-state index contributed by atoms with van der Waals surface area (Å²) in [7, 11) is 2.15. The number of carbonyl (C=O) groups excluding carboxylic acids is 1. The van der Waals surface area contributed by atoms with E-state index in [1.54, 1.807) is 23.7 Å². The van der Waals surface area contributed by atoms with Crippen molar-refractivity contribution in [3.8, 4) is 12.3 Å². The summed E-state index contributed by atoms with van der Waals surface area (Å²) in [6.07, 6.45) is 11.7. The second kappa shape index (κ2) is 9.94. The third-order valence-electron chi connectivity index (χ3n) is 6.46. The quantitative estimate of drug-likeness (QED) is 0.455. The number of fused-ring (bicyclic) bond motifs is 3. The zero-order valence-electron chi connectivity index (χ0n) is 19.3. The maximum Gasteiger partial charge on any atom is 0.246 e. The van der Waals surface area contributed by atoms with Crippen LogP contribution in [0.15, 0.2) is 42.7 Å². The van der Waals surface area contributed by atoms with E-state index in [9.17, 15) is 4.79 Å².